The van der Waals surface area contributed by atoms with E-state index in [1.165, 1.54) is 14.2 Å². The van der Waals surface area contributed by atoms with Gasteiger partial charge in [0, 0.05) is 7.05 Å². The van der Waals surface area contributed by atoms with Crippen LogP contribution in [0.2, 0.25) is 0 Å². The number of likely N-dealkylation sites (N-methyl/N-ethyl adjacent to an activating group) is 1. The second-order valence-electron chi connectivity index (χ2n) is 2.64. The van der Waals surface area contributed by atoms with Crippen molar-refractivity contribution in [3.63, 3.8) is 0 Å². The van der Waals surface area contributed by atoms with Gasteiger partial charge in [0.2, 0.25) is 17.8 Å². The Morgan fingerprint density at radius 2 is 2.06 bits per heavy atom. The zero-order valence-corrected chi connectivity index (χ0v) is 8.94. The molecule has 1 rings (SSSR count). The Bertz CT molecular complexity index is 348. The lowest BCUT2D eigenvalue weighted by atomic mass is 10.6. The molecule has 5 N–H and O–H groups in total. The van der Waals surface area contributed by atoms with Crippen molar-refractivity contribution in [2.24, 2.45) is 5.84 Å². The molecule has 0 radical (unpaired) electrons. The number of nitrogens with one attached hydrogen (secondary N) is 3. The average Bonchev–Trinajstić information content (AvgIpc) is 2.35. The van der Waals surface area contributed by atoms with Gasteiger partial charge in [-0.25, -0.2) is 5.84 Å². The van der Waals surface area contributed by atoms with Crippen LogP contribution in [0.4, 0.5) is 11.9 Å². The number of carbonyl (C=O) groups excluding carboxylic acids is 1. The molecule has 0 aliphatic carbocycles. The lowest BCUT2D eigenvalue weighted by molar-refractivity contribution is -0.118. The SMILES string of the molecule is CNC(=O)CNc1nc(NN)nc(OC)n1. The van der Waals surface area contributed by atoms with Crippen molar-refractivity contribution in [2.75, 3.05) is 31.4 Å². The van der Waals surface area contributed by atoms with Gasteiger partial charge < -0.3 is 15.4 Å². The van der Waals surface area contributed by atoms with Crippen molar-refractivity contribution in [3.05, 3.63) is 0 Å². The van der Waals surface area contributed by atoms with Crippen LogP contribution in [-0.2, 0) is 4.79 Å². The van der Waals surface area contributed by atoms with Crippen LogP contribution in [0.15, 0.2) is 0 Å². The second kappa shape index (κ2) is 5.66. The van der Waals surface area contributed by atoms with Gasteiger partial charge in [-0.1, -0.05) is 0 Å². The molecule has 9 heteroatoms. The van der Waals surface area contributed by atoms with E-state index in [2.05, 4.69) is 31.0 Å². The van der Waals surface area contributed by atoms with Crippen molar-refractivity contribution < 1.29 is 9.53 Å². The van der Waals surface area contributed by atoms with Gasteiger partial charge in [-0.3, -0.25) is 10.2 Å². The van der Waals surface area contributed by atoms with E-state index in [4.69, 9.17) is 10.6 Å². The first-order valence-corrected chi connectivity index (χ1v) is 4.40. The Hall–Kier alpha value is -2.16. The summed E-state index contributed by atoms with van der Waals surface area (Å²) in [5.41, 5.74) is 2.26. The maximum Gasteiger partial charge on any atom is 0.322 e. The highest BCUT2D eigenvalue weighted by molar-refractivity contribution is 5.79. The molecule has 9 nitrogen and oxygen atoms in total. The van der Waals surface area contributed by atoms with Crippen molar-refractivity contribution in [1.82, 2.24) is 20.3 Å². The summed E-state index contributed by atoms with van der Waals surface area (Å²) in [6.07, 6.45) is 0. The summed E-state index contributed by atoms with van der Waals surface area (Å²) in [6.45, 7) is 0.0493. The minimum absolute atomic E-state index is 0.0493. The van der Waals surface area contributed by atoms with E-state index in [1.54, 1.807) is 0 Å². The van der Waals surface area contributed by atoms with Crippen molar-refractivity contribution in [2.45, 2.75) is 0 Å². The molecule has 1 aromatic heterocycles. The van der Waals surface area contributed by atoms with Gasteiger partial charge >= 0.3 is 6.01 Å². The summed E-state index contributed by atoms with van der Waals surface area (Å²) in [5, 5.41) is 5.14. The Morgan fingerprint density at radius 3 is 2.62 bits per heavy atom. The number of methoxy groups -OCH3 is 1. The third kappa shape index (κ3) is 3.20. The van der Waals surface area contributed by atoms with Gasteiger partial charge in [-0.05, 0) is 0 Å². The molecule has 0 spiro atoms. The number of nitrogens with two attached hydrogens (primary N) is 1. The van der Waals surface area contributed by atoms with Crippen LogP contribution in [0.25, 0.3) is 0 Å². The summed E-state index contributed by atoms with van der Waals surface area (Å²) >= 11 is 0. The van der Waals surface area contributed by atoms with Gasteiger partial charge in [-0.2, -0.15) is 15.0 Å². The van der Waals surface area contributed by atoms with Crippen LogP contribution in [-0.4, -0.2) is 41.6 Å². The van der Waals surface area contributed by atoms with Crippen LogP contribution < -0.4 is 26.6 Å². The van der Waals surface area contributed by atoms with E-state index >= 15 is 0 Å². The summed E-state index contributed by atoms with van der Waals surface area (Å²) in [4.78, 5) is 22.5. The first-order valence-electron chi connectivity index (χ1n) is 4.40. The van der Waals surface area contributed by atoms with E-state index in [9.17, 15) is 4.79 Å². The number of rotatable bonds is 5. The number of nitrogens with zero attached hydrogens (tertiary/aromatic N) is 3. The van der Waals surface area contributed by atoms with Gasteiger partial charge in [0.1, 0.15) is 0 Å². The zero-order chi connectivity index (χ0) is 12.0. The number of ether oxygens (including phenoxy) is 1. The molecular formula is C7H13N7O2. The van der Waals surface area contributed by atoms with E-state index in [-0.39, 0.29) is 30.4 Å². The molecule has 0 bridgehead atoms. The molecule has 0 saturated carbocycles. The van der Waals surface area contributed by atoms with Crippen LogP contribution in [0.5, 0.6) is 6.01 Å². The number of hydrazine groups is 1. The van der Waals surface area contributed by atoms with Crippen molar-refractivity contribution >= 4 is 17.8 Å². The molecule has 0 aliphatic heterocycles. The summed E-state index contributed by atoms with van der Waals surface area (Å²) in [7, 11) is 2.95. The highest BCUT2D eigenvalue weighted by Crippen LogP contribution is 2.08. The van der Waals surface area contributed by atoms with Crippen LogP contribution in [0, 0.1) is 0 Å². The highest BCUT2D eigenvalue weighted by atomic mass is 16.5. The Kier molecular flexibility index (Phi) is 4.21. The second-order valence-corrected chi connectivity index (χ2v) is 2.64. The summed E-state index contributed by atoms with van der Waals surface area (Å²) in [6, 6.07) is 0.0994. The summed E-state index contributed by atoms with van der Waals surface area (Å²) < 4.78 is 4.83. The van der Waals surface area contributed by atoms with E-state index in [1.807, 2.05) is 0 Å². The third-order valence-corrected chi connectivity index (χ3v) is 1.61. The van der Waals surface area contributed by atoms with Crippen molar-refractivity contribution in [3.8, 4) is 6.01 Å². The monoisotopic (exact) mass is 227 g/mol. The predicted octanol–water partition coefficient (Wildman–Crippen LogP) is -1.68. The highest BCUT2D eigenvalue weighted by Gasteiger charge is 2.06. The number of hydrogen-bond acceptors (Lipinski definition) is 8. The first-order chi connectivity index (χ1) is 7.69. The summed E-state index contributed by atoms with van der Waals surface area (Å²) in [5.74, 6) is 5.31. The topological polar surface area (TPSA) is 127 Å². The number of aromatic nitrogens is 3. The van der Waals surface area contributed by atoms with Gasteiger partial charge in [0.05, 0.1) is 13.7 Å². The Morgan fingerprint density at radius 1 is 1.38 bits per heavy atom. The normalized spacial score (nSPS) is 9.44. The van der Waals surface area contributed by atoms with Gasteiger partial charge in [0.15, 0.2) is 0 Å². The van der Waals surface area contributed by atoms with Gasteiger partial charge in [-0.15, -0.1) is 0 Å². The Balaban J connectivity index is 2.74. The molecule has 0 aliphatic rings. The number of nitrogen functional groups attached to an aromatic ring is 1. The molecule has 16 heavy (non-hydrogen) atoms. The molecule has 1 aromatic rings. The molecule has 0 unspecified atom stereocenters. The van der Waals surface area contributed by atoms with E-state index < -0.39 is 0 Å². The maximum atomic E-state index is 11.0. The average molecular weight is 227 g/mol. The lowest BCUT2D eigenvalue weighted by Gasteiger charge is -2.06. The molecule has 0 atom stereocenters. The molecule has 0 saturated heterocycles. The standard InChI is InChI=1S/C7H13N7O2/c1-9-4(15)3-10-5-11-6(14-8)13-7(12-5)16-2/h3,8H2,1-2H3,(H,9,15)(H2,10,11,12,13,14). The third-order valence-electron chi connectivity index (χ3n) is 1.61. The minimum atomic E-state index is -0.193. The number of amides is 1. The molecule has 0 fully saturated rings. The number of hydrogen-bond donors (Lipinski definition) is 4. The largest absolute Gasteiger partial charge is 0.467 e. The van der Waals surface area contributed by atoms with Crippen LogP contribution >= 0.6 is 0 Å². The fourth-order valence-corrected chi connectivity index (χ4v) is 0.839. The minimum Gasteiger partial charge on any atom is -0.467 e. The van der Waals surface area contributed by atoms with Gasteiger partial charge in [0.25, 0.3) is 0 Å². The molecule has 88 valence electrons. The maximum absolute atomic E-state index is 11.0. The van der Waals surface area contributed by atoms with Crippen molar-refractivity contribution in [1.29, 1.82) is 0 Å². The molecular weight excluding hydrogens is 214 g/mol. The van der Waals surface area contributed by atoms with E-state index in [0.29, 0.717) is 0 Å². The predicted molar refractivity (Wildman–Crippen MR) is 56.7 cm³/mol. The number of anilines is 2. The van der Waals surface area contributed by atoms with E-state index in [0.717, 1.165) is 0 Å². The fourth-order valence-electron chi connectivity index (χ4n) is 0.839. The fraction of sp³-hybridized carbons (Fsp3) is 0.429. The quantitative estimate of drug-likeness (QED) is 0.347. The van der Waals surface area contributed by atoms with Crippen LogP contribution in [0.1, 0.15) is 0 Å². The first kappa shape index (κ1) is 11.9. The molecule has 0 aromatic carbocycles. The lowest BCUT2D eigenvalue weighted by Crippen LogP contribution is -2.27. The Labute approximate surface area is 91.8 Å². The zero-order valence-electron chi connectivity index (χ0n) is 8.94. The smallest absolute Gasteiger partial charge is 0.322 e. The molecule has 1 amide bonds. The molecule has 1 heterocycles. The number of carbonyl (C=O) groups is 1. The van der Waals surface area contributed by atoms with Crippen LogP contribution in [0.3, 0.4) is 0 Å².